The molecule has 2 aromatic rings. The maximum absolute atomic E-state index is 12.6. The third kappa shape index (κ3) is 3.73. The smallest absolute Gasteiger partial charge is 0.251 e. The minimum atomic E-state index is 0.0225. The number of carbonyl (C=O) groups is 1. The van der Waals surface area contributed by atoms with Gasteiger partial charge in [-0.3, -0.25) is 4.79 Å². The van der Waals surface area contributed by atoms with Crippen molar-refractivity contribution in [2.45, 2.75) is 57.7 Å². The number of carbonyl (C=O) groups excluding carboxylic acids is 1. The summed E-state index contributed by atoms with van der Waals surface area (Å²) in [5, 5.41) is 9.14. The number of piperidine rings is 1. The van der Waals surface area contributed by atoms with Gasteiger partial charge in [-0.15, -0.1) is 0 Å². The molecule has 2 N–H and O–H groups in total. The summed E-state index contributed by atoms with van der Waals surface area (Å²) < 4.78 is 0. The van der Waals surface area contributed by atoms with E-state index in [0.29, 0.717) is 0 Å². The summed E-state index contributed by atoms with van der Waals surface area (Å²) in [5.74, 6) is 0.0225. The number of amides is 1. The molecule has 0 bridgehead atoms. The van der Waals surface area contributed by atoms with Gasteiger partial charge in [-0.2, -0.15) is 0 Å². The van der Waals surface area contributed by atoms with Gasteiger partial charge in [0.2, 0.25) is 0 Å². The molecule has 0 unspecified atom stereocenters. The van der Waals surface area contributed by atoms with Gasteiger partial charge in [0.25, 0.3) is 5.91 Å². The van der Waals surface area contributed by atoms with Crippen molar-refractivity contribution in [1.82, 2.24) is 10.6 Å². The first-order valence-corrected chi connectivity index (χ1v) is 8.33. The summed E-state index contributed by atoms with van der Waals surface area (Å²) in [5.41, 5.74) is 0.796. The van der Waals surface area contributed by atoms with E-state index in [1.54, 1.807) is 0 Å². The zero-order chi connectivity index (χ0) is 16.7. The van der Waals surface area contributed by atoms with Crippen LogP contribution in [-0.2, 0) is 0 Å². The molecule has 0 aliphatic carbocycles. The molecule has 1 saturated heterocycles. The number of fused-ring (bicyclic) bond motifs is 1. The highest BCUT2D eigenvalue weighted by atomic mass is 16.1. The van der Waals surface area contributed by atoms with Crippen LogP contribution in [0.3, 0.4) is 0 Å². The Balaban J connectivity index is 1.77. The Morgan fingerprint density at radius 3 is 2.26 bits per heavy atom. The molecule has 23 heavy (non-hydrogen) atoms. The maximum atomic E-state index is 12.6. The van der Waals surface area contributed by atoms with Crippen molar-refractivity contribution < 1.29 is 4.79 Å². The predicted octanol–water partition coefficient (Wildman–Crippen LogP) is 3.88. The molecule has 2 aromatic carbocycles. The molecule has 3 nitrogen and oxygen atoms in total. The lowest BCUT2D eigenvalue weighted by Gasteiger charge is -2.46. The number of hydrogen-bond donors (Lipinski definition) is 2. The van der Waals surface area contributed by atoms with Gasteiger partial charge in [-0.1, -0.05) is 30.3 Å². The first-order chi connectivity index (χ1) is 10.7. The molecule has 1 aliphatic heterocycles. The molecular weight excluding hydrogens is 284 g/mol. The molecule has 0 spiro atoms. The van der Waals surface area contributed by atoms with Crippen molar-refractivity contribution in [2.24, 2.45) is 0 Å². The van der Waals surface area contributed by atoms with Crippen LogP contribution in [0, 0.1) is 0 Å². The van der Waals surface area contributed by atoms with Crippen LogP contribution in [0.25, 0.3) is 10.8 Å². The predicted molar refractivity (Wildman–Crippen MR) is 95.7 cm³/mol. The van der Waals surface area contributed by atoms with E-state index in [1.807, 2.05) is 36.4 Å². The third-order valence-electron chi connectivity index (χ3n) is 4.54. The first kappa shape index (κ1) is 16.0. The normalized spacial score (nSPS) is 20.3. The van der Waals surface area contributed by atoms with E-state index < -0.39 is 0 Å². The topological polar surface area (TPSA) is 41.1 Å². The van der Waals surface area contributed by atoms with E-state index >= 15 is 0 Å². The van der Waals surface area contributed by atoms with Crippen LogP contribution in [0.1, 0.15) is 50.9 Å². The molecule has 0 aromatic heterocycles. The Labute approximate surface area is 138 Å². The van der Waals surface area contributed by atoms with E-state index in [4.69, 9.17) is 0 Å². The summed E-state index contributed by atoms with van der Waals surface area (Å²) in [4.78, 5) is 12.6. The van der Waals surface area contributed by atoms with Crippen LogP contribution in [0.4, 0.5) is 0 Å². The largest absolute Gasteiger partial charge is 0.349 e. The van der Waals surface area contributed by atoms with E-state index in [1.165, 1.54) is 0 Å². The zero-order valence-electron chi connectivity index (χ0n) is 14.4. The lowest BCUT2D eigenvalue weighted by molar-refractivity contribution is 0.0873. The van der Waals surface area contributed by atoms with E-state index in [9.17, 15) is 4.79 Å². The molecule has 1 heterocycles. The van der Waals surface area contributed by atoms with Crippen LogP contribution in [-0.4, -0.2) is 23.0 Å². The van der Waals surface area contributed by atoms with Crippen LogP contribution in [0.2, 0.25) is 0 Å². The van der Waals surface area contributed by atoms with Crippen LogP contribution >= 0.6 is 0 Å². The number of hydrogen-bond acceptors (Lipinski definition) is 2. The molecule has 0 radical (unpaired) electrons. The fourth-order valence-corrected chi connectivity index (χ4v) is 4.02. The van der Waals surface area contributed by atoms with Crippen molar-refractivity contribution in [3.8, 4) is 0 Å². The fraction of sp³-hybridized carbons (Fsp3) is 0.450. The molecule has 0 atom stereocenters. The second-order valence-corrected chi connectivity index (χ2v) is 8.03. The molecule has 1 fully saturated rings. The molecule has 3 rings (SSSR count). The van der Waals surface area contributed by atoms with E-state index in [-0.39, 0.29) is 23.0 Å². The Bertz CT molecular complexity index is 717. The Hall–Kier alpha value is -1.87. The Morgan fingerprint density at radius 1 is 1.00 bits per heavy atom. The van der Waals surface area contributed by atoms with Crippen molar-refractivity contribution >= 4 is 16.7 Å². The van der Waals surface area contributed by atoms with E-state index in [2.05, 4.69) is 44.4 Å². The van der Waals surface area contributed by atoms with Gasteiger partial charge < -0.3 is 10.6 Å². The van der Waals surface area contributed by atoms with Gasteiger partial charge in [0.15, 0.2) is 0 Å². The number of rotatable bonds is 2. The van der Waals surface area contributed by atoms with Gasteiger partial charge >= 0.3 is 0 Å². The average Bonchev–Trinajstić information content (AvgIpc) is 2.43. The van der Waals surface area contributed by atoms with Crippen molar-refractivity contribution in [3.63, 3.8) is 0 Å². The monoisotopic (exact) mass is 310 g/mol. The molecule has 3 heteroatoms. The van der Waals surface area contributed by atoms with Gasteiger partial charge in [0, 0.05) is 22.7 Å². The summed E-state index contributed by atoms with van der Waals surface area (Å²) >= 11 is 0. The molecule has 122 valence electrons. The fourth-order valence-electron chi connectivity index (χ4n) is 4.02. The molecule has 0 saturated carbocycles. The highest BCUT2D eigenvalue weighted by molar-refractivity contribution is 5.98. The van der Waals surface area contributed by atoms with Crippen molar-refractivity contribution in [3.05, 3.63) is 48.0 Å². The highest BCUT2D eigenvalue weighted by Gasteiger charge is 2.38. The van der Waals surface area contributed by atoms with Gasteiger partial charge in [-0.05, 0) is 63.4 Å². The van der Waals surface area contributed by atoms with Crippen molar-refractivity contribution in [1.29, 1.82) is 0 Å². The van der Waals surface area contributed by atoms with E-state index in [0.717, 1.165) is 29.2 Å². The minimum absolute atomic E-state index is 0.0225. The SMILES string of the molecule is CC1(C)CC(NC(=O)c2ccc3ccccc3c2)CC(C)(C)N1. The second kappa shape index (κ2) is 5.64. The maximum Gasteiger partial charge on any atom is 0.251 e. The van der Waals surface area contributed by atoms with Crippen molar-refractivity contribution in [2.75, 3.05) is 0 Å². The van der Waals surface area contributed by atoms with Gasteiger partial charge in [0.1, 0.15) is 0 Å². The first-order valence-electron chi connectivity index (χ1n) is 8.33. The molecule has 1 aliphatic rings. The lowest BCUT2D eigenvalue weighted by atomic mass is 9.79. The standard InChI is InChI=1S/C20H26N2O/c1-19(2)12-17(13-20(3,4)22-19)21-18(23)16-10-9-14-7-5-6-8-15(14)11-16/h5-11,17,22H,12-13H2,1-4H3,(H,21,23). The van der Waals surface area contributed by atoms with Crippen LogP contribution in [0.15, 0.2) is 42.5 Å². The lowest BCUT2D eigenvalue weighted by Crippen LogP contribution is -2.62. The Kier molecular flexibility index (Phi) is 3.93. The summed E-state index contributed by atoms with van der Waals surface area (Å²) in [6.45, 7) is 8.79. The summed E-state index contributed by atoms with van der Waals surface area (Å²) in [6.07, 6.45) is 1.88. The van der Waals surface area contributed by atoms with Gasteiger partial charge in [0.05, 0.1) is 0 Å². The summed E-state index contributed by atoms with van der Waals surface area (Å²) in [6, 6.07) is 14.2. The third-order valence-corrected chi connectivity index (χ3v) is 4.54. The molecular formula is C20H26N2O. The van der Waals surface area contributed by atoms with Crippen LogP contribution < -0.4 is 10.6 Å². The highest BCUT2D eigenvalue weighted by Crippen LogP contribution is 2.28. The average molecular weight is 310 g/mol. The minimum Gasteiger partial charge on any atom is -0.349 e. The zero-order valence-corrected chi connectivity index (χ0v) is 14.4. The molecule has 1 amide bonds. The quantitative estimate of drug-likeness (QED) is 0.884. The second-order valence-electron chi connectivity index (χ2n) is 8.03. The van der Waals surface area contributed by atoms with Crippen LogP contribution in [0.5, 0.6) is 0 Å². The summed E-state index contributed by atoms with van der Waals surface area (Å²) in [7, 11) is 0. The Morgan fingerprint density at radius 2 is 1.61 bits per heavy atom. The van der Waals surface area contributed by atoms with Gasteiger partial charge in [-0.25, -0.2) is 0 Å². The number of benzene rings is 2. The number of nitrogens with one attached hydrogen (secondary N) is 2.